The zero-order valence-corrected chi connectivity index (χ0v) is 12.4. The molecule has 1 aromatic carbocycles. The molecular formula is C17H26N2O. The highest BCUT2D eigenvalue weighted by molar-refractivity contribution is 5.18. The Kier molecular flexibility index (Phi) is 4.39. The van der Waals surface area contributed by atoms with Gasteiger partial charge in [-0.15, -0.1) is 0 Å². The minimum Gasteiger partial charge on any atom is -0.387 e. The van der Waals surface area contributed by atoms with Gasteiger partial charge in [0.1, 0.15) is 0 Å². The van der Waals surface area contributed by atoms with Crippen LogP contribution in [0.25, 0.3) is 0 Å². The molecule has 0 amide bonds. The van der Waals surface area contributed by atoms with E-state index in [1.54, 1.807) is 0 Å². The molecule has 1 saturated heterocycles. The summed E-state index contributed by atoms with van der Waals surface area (Å²) in [7, 11) is 0. The Morgan fingerprint density at radius 2 is 1.75 bits per heavy atom. The number of aliphatic hydroxyl groups excluding tert-OH is 1. The highest BCUT2D eigenvalue weighted by atomic mass is 16.3. The summed E-state index contributed by atoms with van der Waals surface area (Å²) in [5, 5.41) is 10.5. The van der Waals surface area contributed by atoms with E-state index >= 15 is 0 Å². The highest BCUT2D eigenvalue weighted by Crippen LogP contribution is 2.30. The molecule has 110 valence electrons. The first-order chi connectivity index (χ1) is 9.74. The van der Waals surface area contributed by atoms with Crippen LogP contribution < -0.4 is 0 Å². The first-order valence-electron chi connectivity index (χ1n) is 7.93. The molecule has 1 saturated carbocycles. The van der Waals surface area contributed by atoms with Crippen LogP contribution in [-0.2, 0) is 0 Å². The third-order valence-electron chi connectivity index (χ3n) is 4.79. The normalized spacial score (nSPS) is 24.5. The van der Waals surface area contributed by atoms with Crippen molar-refractivity contribution in [2.45, 2.75) is 31.9 Å². The second-order valence-electron chi connectivity index (χ2n) is 6.38. The van der Waals surface area contributed by atoms with Gasteiger partial charge in [0, 0.05) is 38.8 Å². The summed E-state index contributed by atoms with van der Waals surface area (Å²) in [6.07, 6.45) is 2.48. The number of benzene rings is 1. The van der Waals surface area contributed by atoms with Crippen molar-refractivity contribution in [2.24, 2.45) is 5.92 Å². The summed E-state index contributed by atoms with van der Waals surface area (Å²) >= 11 is 0. The number of piperazine rings is 1. The summed E-state index contributed by atoms with van der Waals surface area (Å²) in [5.74, 6) is 0.980. The fourth-order valence-corrected chi connectivity index (χ4v) is 3.15. The molecule has 3 heteroatoms. The van der Waals surface area contributed by atoms with Crippen LogP contribution in [0.4, 0.5) is 0 Å². The van der Waals surface area contributed by atoms with Crippen molar-refractivity contribution in [3.8, 4) is 0 Å². The Morgan fingerprint density at radius 1 is 1.10 bits per heavy atom. The maximum atomic E-state index is 10.5. The fourth-order valence-electron chi connectivity index (χ4n) is 3.15. The minimum atomic E-state index is -0.383. The number of nitrogens with zero attached hydrogens (tertiary/aromatic N) is 2. The molecule has 1 heterocycles. The number of rotatable bonds is 5. The molecule has 3 nitrogen and oxygen atoms in total. The smallest absolute Gasteiger partial charge is 0.0942 e. The van der Waals surface area contributed by atoms with E-state index in [0.717, 1.165) is 37.7 Å². The predicted molar refractivity (Wildman–Crippen MR) is 81.6 cm³/mol. The van der Waals surface area contributed by atoms with E-state index in [0.29, 0.717) is 0 Å². The molecule has 20 heavy (non-hydrogen) atoms. The predicted octanol–water partition coefficient (Wildman–Crippen LogP) is 2.14. The van der Waals surface area contributed by atoms with Crippen molar-refractivity contribution in [1.29, 1.82) is 0 Å². The first kappa shape index (κ1) is 14.1. The number of aliphatic hydroxyl groups is 1. The average molecular weight is 274 g/mol. The van der Waals surface area contributed by atoms with Crippen molar-refractivity contribution in [2.75, 3.05) is 32.7 Å². The quantitative estimate of drug-likeness (QED) is 0.891. The molecule has 0 aromatic heterocycles. The molecular weight excluding hydrogens is 248 g/mol. The molecule has 2 unspecified atom stereocenters. The van der Waals surface area contributed by atoms with Crippen LogP contribution in [0.15, 0.2) is 30.3 Å². The Hall–Kier alpha value is -0.900. The third-order valence-corrected chi connectivity index (χ3v) is 4.79. The van der Waals surface area contributed by atoms with Gasteiger partial charge < -0.3 is 10.0 Å². The summed E-state index contributed by atoms with van der Waals surface area (Å²) in [6.45, 7) is 7.91. The lowest BCUT2D eigenvalue weighted by Gasteiger charge is -2.39. The van der Waals surface area contributed by atoms with Crippen molar-refractivity contribution in [3.05, 3.63) is 35.9 Å². The third kappa shape index (κ3) is 3.40. The number of hydrogen-bond acceptors (Lipinski definition) is 3. The van der Waals surface area contributed by atoms with Gasteiger partial charge in [-0.1, -0.05) is 30.3 Å². The molecule has 0 radical (unpaired) electrons. The lowest BCUT2D eigenvalue weighted by molar-refractivity contribution is 0.0253. The molecule has 0 bridgehead atoms. The van der Waals surface area contributed by atoms with Gasteiger partial charge in [0.05, 0.1) is 6.10 Å². The van der Waals surface area contributed by atoms with Gasteiger partial charge in [-0.2, -0.15) is 0 Å². The fraction of sp³-hybridized carbons (Fsp3) is 0.647. The monoisotopic (exact) mass is 274 g/mol. The van der Waals surface area contributed by atoms with Crippen LogP contribution >= 0.6 is 0 Å². The van der Waals surface area contributed by atoms with E-state index in [1.165, 1.54) is 19.4 Å². The second-order valence-corrected chi connectivity index (χ2v) is 6.38. The van der Waals surface area contributed by atoms with Crippen molar-refractivity contribution in [3.63, 3.8) is 0 Å². The molecule has 1 N–H and O–H groups in total. The SMILES string of the molecule is CC(C(O)c1ccccc1)N1CCN(CC2CC2)CC1. The number of hydrogen-bond donors (Lipinski definition) is 1. The molecule has 1 aromatic rings. The van der Waals surface area contributed by atoms with Crippen molar-refractivity contribution >= 4 is 0 Å². The maximum Gasteiger partial charge on any atom is 0.0942 e. The summed E-state index contributed by atoms with van der Waals surface area (Å²) in [4.78, 5) is 5.02. The zero-order valence-electron chi connectivity index (χ0n) is 12.4. The van der Waals surface area contributed by atoms with E-state index in [4.69, 9.17) is 0 Å². The molecule has 2 fully saturated rings. The van der Waals surface area contributed by atoms with Crippen LogP contribution in [0.1, 0.15) is 31.4 Å². The van der Waals surface area contributed by atoms with Crippen LogP contribution in [0, 0.1) is 5.92 Å². The van der Waals surface area contributed by atoms with Gasteiger partial charge in [-0.25, -0.2) is 0 Å². The first-order valence-corrected chi connectivity index (χ1v) is 7.93. The topological polar surface area (TPSA) is 26.7 Å². The van der Waals surface area contributed by atoms with Gasteiger partial charge in [0.2, 0.25) is 0 Å². The Bertz CT molecular complexity index is 410. The largest absolute Gasteiger partial charge is 0.387 e. The molecule has 1 aliphatic carbocycles. The molecule has 0 spiro atoms. The van der Waals surface area contributed by atoms with E-state index < -0.39 is 0 Å². The van der Waals surface area contributed by atoms with Crippen LogP contribution in [0.3, 0.4) is 0 Å². The second kappa shape index (κ2) is 6.25. The highest BCUT2D eigenvalue weighted by Gasteiger charge is 2.29. The molecule has 2 aliphatic rings. The van der Waals surface area contributed by atoms with Gasteiger partial charge >= 0.3 is 0 Å². The minimum absolute atomic E-state index is 0.195. The van der Waals surface area contributed by atoms with Crippen molar-refractivity contribution < 1.29 is 5.11 Å². The summed E-state index contributed by atoms with van der Waals surface area (Å²) in [6, 6.07) is 10.2. The zero-order chi connectivity index (χ0) is 13.9. The summed E-state index contributed by atoms with van der Waals surface area (Å²) in [5.41, 5.74) is 1.03. The summed E-state index contributed by atoms with van der Waals surface area (Å²) < 4.78 is 0. The Morgan fingerprint density at radius 3 is 2.35 bits per heavy atom. The van der Waals surface area contributed by atoms with Gasteiger partial charge in [0.15, 0.2) is 0 Å². The molecule has 3 rings (SSSR count). The van der Waals surface area contributed by atoms with E-state index in [1.807, 2.05) is 30.3 Å². The van der Waals surface area contributed by atoms with E-state index in [2.05, 4.69) is 16.7 Å². The van der Waals surface area contributed by atoms with Gasteiger partial charge in [-0.3, -0.25) is 4.90 Å². The Labute approximate surface area is 122 Å². The lowest BCUT2D eigenvalue weighted by Crippen LogP contribution is -2.51. The van der Waals surface area contributed by atoms with Crippen molar-refractivity contribution in [1.82, 2.24) is 9.80 Å². The van der Waals surface area contributed by atoms with E-state index in [9.17, 15) is 5.11 Å². The molecule has 2 atom stereocenters. The van der Waals surface area contributed by atoms with Crippen LogP contribution in [0.2, 0.25) is 0 Å². The Balaban J connectivity index is 1.51. The van der Waals surface area contributed by atoms with Gasteiger partial charge in [-0.05, 0) is 31.2 Å². The average Bonchev–Trinajstić information content (AvgIpc) is 3.31. The maximum absolute atomic E-state index is 10.5. The van der Waals surface area contributed by atoms with E-state index in [-0.39, 0.29) is 12.1 Å². The van der Waals surface area contributed by atoms with Crippen LogP contribution in [0.5, 0.6) is 0 Å². The van der Waals surface area contributed by atoms with Crippen LogP contribution in [-0.4, -0.2) is 53.7 Å². The standard InChI is InChI=1S/C17H26N2O/c1-14(17(20)16-5-3-2-4-6-16)19-11-9-18(10-12-19)13-15-7-8-15/h2-6,14-15,17,20H,7-13H2,1H3. The lowest BCUT2D eigenvalue weighted by atomic mass is 10.0. The van der Waals surface area contributed by atoms with Gasteiger partial charge in [0.25, 0.3) is 0 Å². The molecule has 1 aliphatic heterocycles.